The number of hydrogen-bond donors (Lipinski definition) is 2. The summed E-state index contributed by atoms with van der Waals surface area (Å²) >= 11 is 0. The molecular weight excluding hydrogens is 372 g/mol. The van der Waals surface area contributed by atoms with E-state index >= 15 is 0 Å². The number of fused-ring (bicyclic) bond motifs is 2. The minimum absolute atomic E-state index is 0.703. The Balaban J connectivity index is 1.64. The Morgan fingerprint density at radius 2 is 2.13 bits per heavy atom. The van der Waals surface area contributed by atoms with Gasteiger partial charge in [0.05, 0.1) is 28.6 Å². The third-order valence-corrected chi connectivity index (χ3v) is 5.14. The number of H-pyrrole nitrogens is 2. The minimum Gasteiger partial charge on any atom is -0.336 e. The molecule has 4 aromatic heterocycles. The molecule has 0 aromatic carbocycles. The SMILES string of the molecule is C=C/C=C\C(=C/C)c1cc2c(-c3nc4c(C5=CCC=C5)nccc4[nH]3)n[nH]c2cn1. The van der Waals surface area contributed by atoms with E-state index in [4.69, 9.17) is 4.98 Å². The fraction of sp³-hybridized carbons (Fsp3) is 0.0833. The molecule has 0 spiro atoms. The third kappa shape index (κ3) is 2.99. The van der Waals surface area contributed by atoms with Gasteiger partial charge in [-0.2, -0.15) is 5.10 Å². The van der Waals surface area contributed by atoms with Gasteiger partial charge in [-0.15, -0.1) is 0 Å². The van der Waals surface area contributed by atoms with E-state index < -0.39 is 0 Å². The highest BCUT2D eigenvalue weighted by Crippen LogP contribution is 2.31. The van der Waals surface area contributed by atoms with E-state index in [2.05, 4.69) is 50.0 Å². The molecule has 146 valence electrons. The number of pyridine rings is 2. The molecule has 0 fully saturated rings. The van der Waals surface area contributed by atoms with Gasteiger partial charge in [0.25, 0.3) is 0 Å². The van der Waals surface area contributed by atoms with Crippen LogP contribution in [0.4, 0.5) is 0 Å². The van der Waals surface area contributed by atoms with Gasteiger partial charge in [-0.25, -0.2) is 4.98 Å². The normalized spacial score (nSPS) is 14.3. The van der Waals surface area contributed by atoms with E-state index in [0.717, 1.165) is 56.6 Å². The second-order valence-electron chi connectivity index (χ2n) is 6.96. The van der Waals surface area contributed by atoms with Crippen LogP contribution < -0.4 is 0 Å². The van der Waals surface area contributed by atoms with Crippen molar-refractivity contribution in [2.24, 2.45) is 0 Å². The van der Waals surface area contributed by atoms with Gasteiger partial charge in [0.1, 0.15) is 11.2 Å². The molecule has 0 saturated heterocycles. The Bertz CT molecular complexity index is 1390. The molecule has 30 heavy (non-hydrogen) atoms. The molecule has 4 heterocycles. The van der Waals surface area contributed by atoms with Crippen molar-refractivity contribution in [1.29, 1.82) is 0 Å². The molecule has 1 aliphatic carbocycles. The smallest absolute Gasteiger partial charge is 0.159 e. The van der Waals surface area contributed by atoms with Crippen LogP contribution in [0.1, 0.15) is 24.7 Å². The first-order chi connectivity index (χ1) is 14.8. The van der Waals surface area contributed by atoms with Crippen LogP contribution in [0.2, 0.25) is 0 Å². The average Bonchev–Trinajstić information content (AvgIpc) is 3.52. The molecule has 0 bridgehead atoms. The maximum Gasteiger partial charge on any atom is 0.159 e. The van der Waals surface area contributed by atoms with Crippen LogP contribution in [0.3, 0.4) is 0 Å². The number of nitrogens with one attached hydrogen (secondary N) is 2. The van der Waals surface area contributed by atoms with Gasteiger partial charge >= 0.3 is 0 Å². The van der Waals surface area contributed by atoms with Gasteiger partial charge in [-0.05, 0) is 36.6 Å². The summed E-state index contributed by atoms with van der Waals surface area (Å²) in [6.07, 6.45) is 18.6. The predicted molar refractivity (Wildman–Crippen MR) is 121 cm³/mol. The van der Waals surface area contributed by atoms with Gasteiger partial charge in [0, 0.05) is 11.6 Å². The summed E-state index contributed by atoms with van der Waals surface area (Å²) in [5.41, 5.74) is 7.27. The largest absolute Gasteiger partial charge is 0.336 e. The summed E-state index contributed by atoms with van der Waals surface area (Å²) in [4.78, 5) is 17.4. The summed E-state index contributed by atoms with van der Waals surface area (Å²) in [6, 6.07) is 3.97. The molecule has 2 N–H and O–H groups in total. The van der Waals surface area contributed by atoms with E-state index in [1.54, 1.807) is 12.3 Å². The minimum atomic E-state index is 0.703. The lowest BCUT2D eigenvalue weighted by molar-refractivity contribution is 1.10. The molecule has 5 rings (SSSR count). The van der Waals surface area contributed by atoms with Gasteiger partial charge < -0.3 is 4.98 Å². The number of imidazole rings is 1. The lowest BCUT2D eigenvalue weighted by Crippen LogP contribution is -1.88. The molecule has 4 aromatic rings. The Hall–Kier alpha value is -4.06. The van der Waals surface area contributed by atoms with Crippen molar-refractivity contribution < 1.29 is 0 Å². The molecule has 1 aliphatic rings. The van der Waals surface area contributed by atoms with E-state index in [-0.39, 0.29) is 0 Å². The predicted octanol–water partition coefficient (Wildman–Crippen LogP) is 5.39. The van der Waals surface area contributed by atoms with Gasteiger partial charge in [0.2, 0.25) is 0 Å². The molecule has 0 amide bonds. The fourth-order valence-corrected chi connectivity index (χ4v) is 3.65. The summed E-state index contributed by atoms with van der Waals surface area (Å²) in [5.74, 6) is 0.703. The zero-order valence-electron chi connectivity index (χ0n) is 16.6. The third-order valence-electron chi connectivity index (χ3n) is 5.14. The summed E-state index contributed by atoms with van der Waals surface area (Å²) in [5, 5.41) is 8.54. The van der Waals surface area contributed by atoms with Crippen molar-refractivity contribution in [3.63, 3.8) is 0 Å². The topological polar surface area (TPSA) is 83.1 Å². The Morgan fingerprint density at radius 3 is 2.93 bits per heavy atom. The number of aromatic nitrogens is 6. The molecule has 6 nitrogen and oxygen atoms in total. The second-order valence-corrected chi connectivity index (χ2v) is 6.96. The van der Waals surface area contributed by atoms with E-state index in [1.165, 1.54) is 0 Å². The van der Waals surface area contributed by atoms with Crippen molar-refractivity contribution in [3.8, 4) is 11.5 Å². The Labute approximate surface area is 173 Å². The molecule has 0 unspecified atom stereocenters. The fourth-order valence-electron chi connectivity index (χ4n) is 3.65. The quantitative estimate of drug-likeness (QED) is 0.446. The number of rotatable bonds is 5. The second kappa shape index (κ2) is 7.40. The van der Waals surface area contributed by atoms with Crippen LogP contribution in [0.15, 0.2) is 73.6 Å². The van der Waals surface area contributed by atoms with Crippen LogP contribution in [0.25, 0.3) is 44.6 Å². The molecule has 0 radical (unpaired) electrons. The molecule has 0 saturated carbocycles. The van der Waals surface area contributed by atoms with Crippen LogP contribution in [0.5, 0.6) is 0 Å². The molecule has 6 heteroatoms. The van der Waals surface area contributed by atoms with Crippen molar-refractivity contribution in [2.75, 3.05) is 0 Å². The van der Waals surface area contributed by atoms with Crippen LogP contribution in [-0.4, -0.2) is 30.1 Å². The van der Waals surface area contributed by atoms with Gasteiger partial charge in [0.15, 0.2) is 5.82 Å². The first-order valence-electron chi connectivity index (χ1n) is 9.80. The summed E-state index contributed by atoms with van der Waals surface area (Å²) in [7, 11) is 0. The lowest BCUT2D eigenvalue weighted by Gasteiger charge is -2.01. The highest BCUT2D eigenvalue weighted by Gasteiger charge is 2.17. The molecular formula is C24H20N6. The summed E-state index contributed by atoms with van der Waals surface area (Å²) in [6.45, 7) is 5.73. The first kappa shape index (κ1) is 18.0. The van der Waals surface area contributed by atoms with E-state index in [9.17, 15) is 0 Å². The monoisotopic (exact) mass is 392 g/mol. The number of aromatic amines is 2. The van der Waals surface area contributed by atoms with Crippen molar-refractivity contribution in [1.82, 2.24) is 30.1 Å². The maximum atomic E-state index is 4.86. The first-order valence-corrected chi connectivity index (χ1v) is 9.80. The highest BCUT2D eigenvalue weighted by atomic mass is 15.1. The van der Waals surface area contributed by atoms with Gasteiger partial charge in [-0.3, -0.25) is 15.1 Å². The van der Waals surface area contributed by atoms with E-state index in [0.29, 0.717) is 5.82 Å². The zero-order chi connectivity index (χ0) is 20.5. The Morgan fingerprint density at radius 1 is 1.20 bits per heavy atom. The number of allylic oxidation sites excluding steroid dienone is 9. The number of hydrogen-bond acceptors (Lipinski definition) is 4. The Kier molecular flexibility index (Phi) is 4.44. The average molecular weight is 392 g/mol. The zero-order valence-corrected chi connectivity index (χ0v) is 16.6. The standard InChI is InChI=1S/C24H20N6/c1-3-5-8-15(4-2)19-13-17-20(14-26-19)29-30-22(17)24-27-18-11-12-25-21(23(18)28-24)16-9-6-7-10-16/h3-6,8-14H,1,7H2,2H3,(H,27,28)(H,29,30)/b8-5-,15-4+. The van der Waals surface area contributed by atoms with E-state index in [1.807, 2.05) is 43.5 Å². The van der Waals surface area contributed by atoms with Crippen LogP contribution in [0, 0.1) is 0 Å². The summed E-state index contributed by atoms with van der Waals surface area (Å²) < 4.78 is 0. The molecule has 0 aliphatic heterocycles. The van der Waals surface area contributed by atoms with Crippen molar-refractivity contribution >= 4 is 33.1 Å². The van der Waals surface area contributed by atoms with Crippen LogP contribution >= 0.6 is 0 Å². The van der Waals surface area contributed by atoms with Crippen LogP contribution in [-0.2, 0) is 0 Å². The van der Waals surface area contributed by atoms with Crippen molar-refractivity contribution in [3.05, 3.63) is 85.0 Å². The van der Waals surface area contributed by atoms with Gasteiger partial charge in [-0.1, -0.05) is 49.1 Å². The lowest BCUT2D eigenvalue weighted by atomic mass is 10.1. The van der Waals surface area contributed by atoms with Crippen molar-refractivity contribution in [2.45, 2.75) is 13.3 Å². The maximum absolute atomic E-state index is 4.86. The molecule has 0 atom stereocenters. The number of nitrogens with zero attached hydrogens (tertiary/aromatic N) is 4. The highest BCUT2D eigenvalue weighted by molar-refractivity contribution is 5.96.